The van der Waals surface area contributed by atoms with E-state index in [-0.39, 0.29) is 17.3 Å². The van der Waals surface area contributed by atoms with Crippen LogP contribution in [0.2, 0.25) is 0 Å². The molecule has 1 aliphatic rings. The van der Waals surface area contributed by atoms with Gasteiger partial charge in [0, 0.05) is 25.2 Å². The highest BCUT2D eigenvalue weighted by Gasteiger charge is 2.25. The van der Waals surface area contributed by atoms with Crippen molar-refractivity contribution in [3.63, 3.8) is 0 Å². The van der Waals surface area contributed by atoms with E-state index in [0.29, 0.717) is 24.6 Å². The number of likely N-dealkylation sites (tertiary alicyclic amines) is 1. The molecule has 1 fully saturated rings. The van der Waals surface area contributed by atoms with Crippen molar-refractivity contribution < 1.29 is 13.2 Å². The Balaban J connectivity index is 2.15. The van der Waals surface area contributed by atoms with Crippen molar-refractivity contribution >= 4 is 15.9 Å². The minimum absolute atomic E-state index is 0.0963. The summed E-state index contributed by atoms with van der Waals surface area (Å²) in [5, 5.41) is 3.15. The molecule has 0 bridgehead atoms. The van der Waals surface area contributed by atoms with Gasteiger partial charge in [-0.05, 0) is 50.6 Å². The Bertz CT molecular complexity index is 686. The number of nitrogens with one attached hydrogen (secondary N) is 2. The summed E-state index contributed by atoms with van der Waals surface area (Å²) < 4.78 is 26.8. The molecule has 0 saturated carbocycles. The van der Waals surface area contributed by atoms with E-state index < -0.39 is 10.0 Å². The minimum Gasteiger partial charge on any atom is -0.338 e. The van der Waals surface area contributed by atoms with Crippen LogP contribution in [-0.2, 0) is 10.0 Å². The molecule has 1 atom stereocenters. The first-order valence-electron chi connectivity index (χ1n) is 8.12. The minimum atomic E-state index is -3.63. The van der Waals surface area contributed by atoms with Crippen molar-refractivity contribution in [3.05, 3.63) is 42.5 Å². The van der Waals surface area contributed by atoms with Crippen LogP contribution >= 0.6 is 0 Å². The lowest BCUT2D eigenvalue weighted by Gasteiger charge is -2.32. The maximum Gasteiger partial charge on any atom is 0.253 e. The molecule has 1 heterocycles. The van der Waals surface area contributed by atoms with Gasteiger partial charge in [-0.3, -0.25) is 4.79 Å². The summed E-state index contributed by atoms with van der Waals surface area (Å²) in [5.41, 5.74) is 0.404. The molecule has 6 nitrogen and oxygen atoms in total. The summed E-state index contributed by atoms with van der Waals surface area (Å²) in [5.74, 6) is 0.324. The summed E-state index contributed by atoms with van der Waals surface area (Å²) >= 11 is 0. The van der Waals surface area contributed by atoms with E-state index in [1.54, 1.807) is 12.1 Å². The molecule has 0 aromatic heterocycles. The van der Waals surface area contributed by atoms with Gasteiger partial charge in [-0.25, -0.2) is 13.1 Å². The predicted molar refractivity (Wildman–Crippen MR) is 94.4 cm³/mol. The zero-order chi connectivity index (χ0) is 17.6. The third-order valence-electron chi connectivity index (χ3n) is 4.11. The zero-order valence-corrected chi connectivity index (χ0v) is 14.8. The number of nitrogens with zero attached hydrogens (tertiary/aromatic N) is 1. The van der Waals surface area contributed by atoms with Crippen molar-refractivity contribution in [2.45, 2.75) is 17.7 Å². The van der Waals surface area contributed by atoms with Gasteiger partial charge in [0.2, 0.25) is 10.0 Å². The van der Waals surface area contributed by atoms with Crippen molar-refractivity contribution in [1.29, 1.82) is 0 Å². The molecule has 0 radical (unpaired) electrons. The van der Waals surface area contributed by atoms with Crippen LogP contribution in [0, 0.1) is 5.92 Å². The molecular formula is C17H25N3O3S. The highest BCUT2D eigenvalue weighted by atomic mass is 32.2. The Kier molecular flexibility index (Phi) is 6.53. The summed E-state index contributed by atoms with van der Waals surface area (Å²) in [6, 6.07) is 6.19. The summed E-state index contributed by atoms with van der Waals surface area (Å²) in [7, 11) is -1.72. The van der Waals surface area contributed by atoms with E-state index in [4.69, 9.17) is 0 Å². The molecule has 0 spiro atoms. The van der Waals surface area contributed by atoms with Gasteiger partial charge in [0.25, 0.3) is 5.91 Å². The molecular weight excluding hydrogens is 326 g/mol. The molecule has 2 N–H and O–H groups in total. The highest BCUT2D eigenvalue weighted by Crippen LogP contribution is 2.19. The fourth-order valence-electron chi connectivity index (χ4n) is 2.94. The van der Waals surface area contributed by atoms with Gasteiger partial charge in [-0.2, -0.15) is 0 Å². The Morgan fingerprint density at radius 1 is 1.46 bits per heavy atom. The van der Waals surface area contributed by atoms with E-state index in [1.807, 2.05) is 11.9 Å². The monoisotopic (exact) mass is 351 g/mol. The molecule has 24 heavy (non-hydrogen) atoms. The van der Waals surface area contributed by atoms with Crippen LogP contribution in [0.1, 0.15) is 23.2 Å². The van der Waals surface area contributed by atoms with Crippen molar-refractivity contribution in [2.24, 2.45) is 5.92 Å². The maximum atomic E-state index is 12.7. The molecule has 1 amide bonds. The smallest absolute Gasteiger partial charge is 0.253 e. The highest BCUT2D eigenvalue weighted by molar-refractivity contribution is 7.89. The van der Waals surface area contributed by atoms with Crippen LogP contribution in [0.25, 0.3) is 0 Å². The number of piperidine rings is 1. The Morgan fingerprint density at radius 3 is 2.96 bits per heavy atom. The van der Waals surface area contributed by atoms with Gasteiger partial charge in [-0.1, -0.05) is 12.1 Å². The number of sulfonamides is 1. The van der Waals surface area contributed by atoms with Crippen LogP contribution in [0.15, 0.2) is 41.8 Å². The van der Waals surface area contributed by atoms with Gasteiger partial charge in [0.15, 0.2) is 0 Å². The molecule has 132 valence electrons. The third kappa shape index (κ3) is 4.66. The molecule has 1 saturated heterocycles. The van der Waals surface area contributed by atoms with Crippen LogP contribution in [0.3, 0.4) is 0 Å². The first kappa shape index (κ1) is 18.6. The summed E-state index contributed by atoms with van der Waals surface area (Å²) in [4.78, 5) is 14.6. The molecule has 2 rings (SSSR count). The molecule has 1 aromatic carbocycles. The predicted octanol–water partition coefficient (Wildman–Crippen LogP) is 1.22. The fourth-order valence-corrected chi connectivity index (χ4v) is 3.98. The molecule has 0 aliphatic carbocycles. The average molecular weight is 351 g/mol. The van der Waals surface area contributed by atoms with Gasteiger partial charge in [-0.15, -0.1) is 6.58 Å². The first-order valence-corrected chi connectivity index (χ1v) is 9.60. The Labute approximate surface area is 144 Å². The standard InChI is InChI=1S/C17H25N3O3S/c1-3-9-19-24(22,23)16-8-4-7-15(11-16)17(21)20-10-5-6-14(13-20)12-18-2/h3-4,7-8,11,14,18-19H,1,5-6,9-10,12-13H2,2H3. The zero-order valence-electron chi connectivity index (χ0n) is 14.0. The quantitative estimate of drug-likeness (QED) is 0.724. The number of rotatable bonds is 7. The number of amides is 1. The third-order valence-corrected chi connectivity index (χ3v) is 5.53. The fraction of sp³-hybridized carbons (Fsp3) is 0.471. The second-order valence-electron chi connectivity index (χ2n) is 5.99. The largest absolute Gasteiger partial charge is 0.338 e. The number of hydrogen-bond acceptors (Lipinski definition) is 4. The number of hydrogen-bond donors (Lipinski definition) is 2. The maximum absolute atomic E-state index is 12.7. The number of benzene rings is 1. The second-order valence-corrected chi connectivity index (χ2v) is 7.75. The number of carbonyl (C=O) groups is 1. The normalized spacial score (nSPS) is 18.4. The van der Waals surface area contributed by atoms with E-state index in [2.05, 4.69) is 16.6 Å². The van der Waals surface area contributed by atoms with E-state index in [1.165, 1.54) is 18.2 Å². The molecule has 1 aliphatic heterocycles. The summed E-state index contributed by atoms with van der Waals surface area (Å²) in [6.45, 7) is 5.94. The van der Waals surface area contributed by atoms with Gasteiger partial charge < -0.3 is 10.2 Å². The van der Waals surface area contributed by atoms with Crippen molar-refractivity contribution in [1.82, 2.24) is 14.9 Å². The van der Waals surface area contributed by atoms with Crippen molar-refractivity contribution in [3.8, 4) is 0 Å². The Morgan fingerprint density at radius 2 is 2.25 bits per heavy atom. The average Bonchev–Trinajstić information content (AvgIpc) is 2.60. The van der Waals surface area contributed by atoms with Crippen LogP contribution < -0.4 is 10.0 Å². The SMILES string of the molecule is C=CCNS(=O)(=O)c1cccc(C(=O)N2CCCC(CNC)C2)c1. The molecule has 1 unspecified atom stereocenters. The lowest BCUT2D eigenvalue weighted by Crippen LogP contribution is -2.42. The first-order chi connectivity index (χ1) is 11.5. The van der Waals surface area contributed by atoms with Crippen LogP contribution in [0.5, 0.6) is 0 Å². The molecule has 1 aromatic rings. The van der Waals surface area contributed by atoms with Crippen LogP contribution in [0.4, 0.5) is 0 Å². The van der Waals surface area contributed by atoms with E-state index >= 15 is 0 Å². The van der Waals surface area contributed by atoms with E-state index in [0.717, 1.165) is 19.4 Å². The number of carbonyl (C=O) groups excluding carboxylic acids is 1. The topological polar surface area (TPSA) is 78.5 Å². The van der Waals surface area contributed by atoms with Crippen molar-refractivity contribution in [2.75, 3.05) is 33.2 Å². The summed E-state index contributed by atoms with van der Waals surface area (Å²) in [6.07, 6.45) is 3.55. The lowest BCUT2D eigenvalue weighted by molar-refractivity contribution is 0.0674. The van der Waals surface area contributed by atoms with Crippen LogP contribution in [-0.4, -0.2) is 52.5 Å². The van der Waals surface area contributed by atoms with Gasteiger partial charge in [0.1, 0.15) is 0 Å². The van der Waals surface area contributed by atoms with Gasteiger partial charge >= 0.3 is 0 Å². The van der Waals surface area contributed by atoms with Gasteiger partial charge in [0.05, 0.1) is 4.90 Å². The van der Waals surface area contributed by atoms with E-state index in [9.17, 15) is 13.2 Å². The lowest BCUT2D eigenvalue weighted by atomic mass is 9.97. The second kappa shape index (κ2) is 8.41. The molecule has 7 heteroatoms. The Hall–Kier alpha value is -1.70.